The van der Waals surface area contributed by atoms with E-state index in [0.29, 0.717) is 13.2 Å². The number of fused-ring (bicyclic) bond motifs is 1. The fourth-order valence-electron chi connectivity index (χ4n) is 2.69. The molecule has 0 spiro atoms. The van der Waals surface area contributed by atoms with Crippen molar-refractivity contribution in [3.63, 3.8) is 0 Å². The molecule has 3 rings (SSSR count). The third-order valence-electron chi connectivity index (χ3n) is 4.04. The molecule has 1 aromatic rings. The molecule has 0 aromatic heterocycles. The largest absolute Gasteiger partial charge is 0.486 e. The van der Waals surface area contributed by atoms with Crippen molar-refractivity contribution in [1.29, 1.82) is 0 Å². The first-order chi connectivity index (χ1) is 9.78. The van der Waals surface area contributed by atoms with Crippen molar-refractivity contribution in [3.05, 3.63) is 17.7 Å². The van der Waals surface area contributed by atoms with Crippen LogP contribution in [0.4, 0.5) is 5.69 Å². The van der Waals surface area contributed by atoms with Gasteiger partial charge < -0.3 is 15.2 Å². The molecule has 4 nitrogen and oxygen atoms in total. The number of nitrogens with two attached hydrogens (primary N) is 1. The van der Waals surface area contributed by atoms with E-state index in [-0.39, 0.29) is 0 Å². The van der Waals surface area contributed by atoms with Crippen molar-refractivity contribution in [2.45, 2.75) is 45.2 Å². The van der Waals surface area contributed by atoms with E-state index in [2.05, 4.69) is 17.9 Å². The summed E-state index contributed by atoms with van der Waals surface area (Å²) in [6.07, 6.45) is 5.14. The maximum atomic E-state index is 6.18. The average Bonchev–Trinajstić information content (AvgIpc) is 3.28. The van der Waals surface area contributed by atoms with Crippen LogP contribution in [0.3, 0.4) is 0 Å². The van der Waals surface area contributed by atoms with Crippen LogP contribution >= 0.6 is 0 Å². The summed E-state index contributed by atoms with van der Waals surface area (Å²) < 4.78 is 11.2. The summed E-state index contributed by atoms with van der Waals surface area (Å²) in [5.41, 5.74) is 8.16. The normalized spacial score (nSPS) is 17.5. The number of benzene rings is 1. The number of nitrogen functional groups attached to an aromatic ring is 1. The first kappa shape index (κ1) is 13.6. The lowest BCUT2D eigenvalue weighted by Crippen LogP contribution is -2.27. The molecular formula is C16H24N2O2. The van der Waals surface area contributed by atoms with Gasteiger partial charge in [-0.25, -0.2) is 0 Å². The highest BCUT2D eigenvalue weighted by Gasteiger charge is 2.29. The summed E-state index contributed by atoms with van der Waals surface area (Å²) in [6.45, 7) is 5.56. The molecule has 0 bridgehead atoms. The van der Waals surface area contributed by atoms with Gasteiger partial charge in [0.25, 0.3) is 0 Å². The lowest BCUT2D eigenvalue weighted by molar-refractivity contribution is 0.171. The molecule has 2 aliphatic rings. The molecule has 0 atom stereocenters. The lowest BCUT2D eigenvalue weighted by Gasteiger charge is -2.25. The lowest BCUT2D eigenvalue weighted by atomic mass is 10.1. The second kappa shape index (κ2) is 5.92. The molecule has 1 aliphatic heterocycles. The van der Waals surface area contributed by atoms with Crippen molar-refractivity contribution in [2.24, 2.45) is 0 Å². The van der Waals surface area contributed by atoms with Crippen molar-refractivity contribution < 1.29 is 9.47 Å². The van der Waals surface area contributed by atoms with Gasteiger partial charge in [-0.1, -0.05) is 13.3 Å². The Kier molecular flexibility index (Phi) is 4.01. The number of nitrogens with zero attached hydrogens (tertiary/aromatic N) is 1. The van der Waals surface area contributed by atoms with Gasteiger partial charge in [0.2, 0.25) is 0 Å². The van der Waals surface area contributed by atoms with Gasteiger partial charge in [-0.3, -0.25) is 4.90 Å². The minimum Gasteiger partial charge on any atom is -0.486 e. The topological polar surface area (TPSA) is 47.7 Å². The Morgan fingerprint density at radius 1 is 1.20 bits per heavy atom. The van der Waals surface area contributed by atoms with Crippen LogP contribution in [0.1, 0.15) is 38.2 Å². The van der Waals surface area contributed by atoms with E-state index < -0.39 is 0 Å². The Hall–Kier alpha value is -1.42. The van der Waals surface area contributed by atoms with E-state index in [9.17, 15) is 0 Å². The molecule has 1 aromatic carbocycles. The predicted molar refractivity (Wildman–Crippen MR) is 80.2 cm³/mol. The highest BCUT2D eigenvalue weighted by atomic mass is 16.6. The van der Waals surface area contributed by atoms with E-state index >= 15 is 0 Å². The van der Waals surface area contributed by atoms with Crippen molar-refractivity contribution >= 4 is 5.69 Å². The molecule has 1 aliphatic carbocycles. The second-order valence-corrected chi connectivity index (χ2v) is 5.75. The van der Waals surface area contributed by atoms with Crippen LogP contribution in [0.2, 0.25) is 0 Å². The van der Waals surface area contributed by atoms with Crippen molar-refractivity contribution in [1.82, 2.24) is 4.90 Å². The molecule has 0 saturated heterocycles. The van der Waals surface area contributed by atoms with Crippen molar-refractivity contribution in [3.8, 4) is 11.5 Å². The standard InChI is InChI=1S/C16H24N2O2/c1-2-3-6-18(13-4-5-13)11-12-9-15-16(10-14(12)17)20-8-7-19-15/h9-10,13H,2-8,11,17H2,1H3. The van der Waals surface area contributed by atoms with Crippen LogP contribution in [-0.2, 0) is 6.54 Å². The summed E-state index contributed by atoms with van der Waals surface area (Å²) in [7, 11) is 0. The van der Waals surface area contributed by atoms with E-state index in [0.717, 1.165) is 41.9 Å². The Labute approximate surface area is 120 Å². The molecule has 20 heavy (non-hydrogen) atoms. The summed E-state index contributed by atoms with van der Waals surface area (Å²) in [5.74, 6) is 1.62. The Bertz CT molecular complexity index is 472. The molecule has 4 heteroatoms. The minimum absolute atomic E-state index is 0.608. The Balaban J connectivity index is 1.75. The molecule has 2 N–H and O–H groups in total. The van der Waals surface area contributed by atoms with Crippen LogP contribution < -0.4 is 15.2 Å². The number of rotatable bonds is 6. The van der Waals surface area contributed by atoms with Crippen LogP contribution in [0.5, 0.6) is 11.5 Å². The van der Waals surface area contributed by atoms with E-state index in [1.54, 1.807) is 0 Å². The van der Waals surface area contributed by atoms with Crippen LogP contribution in [0.15, 0.2) is 12.1 Å². The molecule has 0 radical (unpaired) electrons. The average molecular weight is 276 g/mol. The maximum Gasteiger partial charge on any atom is 0.163 e. The van der Waals surface area contributed by atoms with Crippen LogP contribution in [0.25, 0.3) is 0 Å². The number of hydrogen-bond acceptors (Lipinski definition) is 4. The molecule has 110 valence electrons. The molecular weight excluding hydrogens is 252 g/mol. The third kappa shape index (κ3) is 3.01. The number of anilines is 1. The van der Waals surface area contributed by atoms with E-state index in [4.69, 9.17) is 15.2 Å². The zero-order valence-corrected chi connectivity index (χ0v) is 12.2. The van der Waals surface area contributed by atoms with Gasteiger partial charge in [0.15, 0.2) is 11.5 Å². The zero-order chi connectivity index (χ0) is 13.9. The Morgan fingerprint density at radius 3 is 2.55 bits per heavy atom. The third-order valence-corrected chi connectivity index (χ3v) is 4.04. The van der Waals surface area contributed by atoms with Gasteiger partial charge in [-0.05, 0) is 37.4 Å². The summed E-state index contributed by atoms with van der Waals surface area (Å²) in [5, 5.41) is 0. The number of unbranched alkanes of at least 4 members (excludes halogenated alkanes) is 1. The fourth-order valence-corrected chi connectivity index (χ4v) is 2.69. The second-order valence-electron chi connectivity index (χ2n) is 5.75. The first-order valence-electron chi connectivity index (χ1n) is 7.70. The Morgan fingerprint density at radius 2 is 1.90 bits per heavy atom. The van der Waals surface area contributed by atoms with Gasteiger partial charge >= 0.3 is 0 Å². The van der Waals surface area contributed by atoms with Gasteiger partial charge in [0.1, 0.15) is 13.2 Å². The molecule has 1 heterocycles. The summed E-state index contributed by atoms with van der Waals surface area (Å²) >= 11 is 0. The SMILES string of the molecule is CCCCN(Cc1cc2c(cc1N)OCCO2)C1CC1. The predicted octanol–water partition coefficient (Wildman–Crippen LogP) is 2.80. The summed E-state index contributed by atoms with van der Waals surface area (Å²) in [6, 6.07) is 4.73. The van der Waals surface area contributed by atoms with Gasteiger partial charge in [-0.2, -0.15) is 0 Å². The molecule has 0 unspecified atom stereocenters. The van der Waals surface area contributed by atoms with Gasteiger partial charge in [-0.15, -0.1) is 0 Å². The molecule has 0 amide bonds. The van der Waals surface area contributed by atoms with Gasteiger partial charge in [0.05, 0.1) is 0 Å². The monoisotopic (exact) mass is 276 g/mol. The van der Waals surface area contributed by atoms with E-state index in [1.165, 1.54) is 25.7 Å². The smallest absolute Gasteiger partial charge is 0.163 e. The molecule has 1 fully saturated rings. The first-order valence-corrected chi connectivity index (χ1v) is 7.70. The maximum absolute atomic E-state index is 6.18. The highest BCUT2D eigenvalue weighted by Crippen LogP contribution is 2.36. The summed E-state index contributed by atoms with van der Waals surface area (Å²) in [4.78, 5) is 2.56. The van der Waals surface area contributed by atoms with Crippen molar-refractivity contribution in [2.75, 3.05) is 25.5 Å². The minimum atomic E-state index is 0.608. The van der Waals surface area contributed by atoms with E-state index in [1.807, 2.05) is 6.07 Å². The van der Waals surface area contributed by atoms with Gasteiger partial charge in [0, 0.05) is 24.3 Å². The quantitative estimate of drug-likeness (QED) is 0.812. The zero-order valence-electron chi connectivity index (χ0n) is 12.2. The number of ether oxygens (including phenoxy) is 2. The highest BCUT2D eigenvalue weighted by molar-refractivity contribution is 5.58. The fraction of sp³-hybridized carbons (Fsp3) is 0.625. The van der Waals surface area contributed by atoms with Crippen LogP contribution in [0, 0.1) is 0 Å². The van der Waals surface area contributed by atoms with Crippen LogP contribution in [-0.4, -0.2) is 30.7 Å². The number of hydrogen-bond donors (Lipinski definition) is 1. The molecule has 1 saturated carbocycles.